The van der Waals surface area contributed by atoms with E-state index in [0.29, 0.717) is 55.1 Å². The number of alkyl halides is 5. The minimum atomic E-state index is -5.45. The lowest BCUT2D eigenvalue weighted by Gasteiger charge is -2.56. The molecule has 3 unspecified atom stereocenters. The molecule has 7 atom stereocenters. The van der Waals surface area contributed by atoms with Crippen LogP contribution in [0.15, 0.2) is 18.2 Å². The Kier molecular flexibility index (Phi) is 11.4. The Morgan fingerprint density at radius 2 is 1.57 bits per heavy atom. The summed E-state index contributed by atoms with van der Waals surface area (Å²) in [6.07, 6.45) is 7.72. The van der Waals surface area contributed by atoms with Crippen molar-refractivity contribution in [3.8, 4) is 5.75 Å². The molecule has 1 aromatic carbocycles. The molecule has 0 spiro atoms. The smallest absolute Gasteiger partial charge is 0.453 e. The highest BCUT2D eigenvalue weighted by molar-refractivity contribution is 5.83. The molecule has 1 aromatic rings. The molecule has 0 saturated heterocycles. The van der Waals surface area contributed by atoms with Gasteiger partial charge in [0.1, 0.15) is 11.5 Å². The number of nitrogens with zero attached hydrogens (tertiary/aromatic N) is 1. The largest absolute Gasteiger partial charge is 0.508 e. The molecule has 0 bridgehead atoms. The summed E-state index contributed by atoms with van der Waals surface area (Å²) in [5.41, 5.74) is 1.58. The number of hydrogen-bond donors (Lipinski definition) is 2. The van der Waals surface area contributed by atoms with Gasteiger partial charge in [0.05, 0.1) is 5.60 Å². The zero-order valence-electron chi connectivity index (χ0n) is 28.4. The maximum atomic E-state index is 13.0. The second-order valence-electron chi connectivity index (χ2n) is 16.0. The van der Waals surface area contributed by atoms with Gasteiger partial charge < -0.3 is 15.1 Å². The quantitative estimate of drug-likeness (QED) is 0.136. The number of unbranched alkanes of at least 4 members (excludes halogenated alkanes) is 8. The molecule has 0 heterocycles. The second kappa shape index (κ2) is 14.6. The van der Waals surface area contributed by atoms with Crippen molar-refractivity contribution in [1.82, 2.24) is 4.90 Å². The lowest BCUT2D eigenvalue weighted by molar-refractivity contribution is -0.284. The zero-order valence-corrected chi connectivity index (χ0v) is 28.4. The number of aryl methyl sites for hydroxylation is 1. The van der Waals surface area contributed by atoms with E-state index in [1.165, 1.54) is 11.1 Å². The number of Topliss-reactive ketones (excluding diaryl/α,β-unsaturated/α-hetero) is 1. The van der Waals surface area contributed by atoms with Gasteiger partial charge in [-0.1, -0.05) is 57.9 Å². The van der Waals surface area contributed by atoms with E-state index in [-0.39, 0.29) is 23.5 Å². The molecule has 5 rings (SSSR count). The maximum absolute atomic E-state index is 13.0. The number of hydrogen-bond acceptors (Lipinski definition) is 4. The fourth-order valence-electron chi connectivity index (χ4n) is 10.5. The van der Waals surface area contributed by atoms with E-state index < -0.39 is 24.1 Å². The Morgan fingerprint density at radius 1 is 0.936 bits per heavy atom. The van der Waals surface area contributed by atoms with Gasteiger partial charge in [-0.2, -0.15) is 22.0 Å². The van der Waals surface area contributed by atoms with Gasteiger partial charge in [-0.25, -0.2) is 0 Å². The number of rotatable bonds is 16. The molecule has 3 saturated carbocycles. The summed E-state index contributed by atoms with van der Waals surface area (Å²) in [7, 11) is 2.12. The average molecular weight is 670 g/mol. The van der Waals surface area contributed by atoms with E-state index >= 15 is 0 Å². The van der Waals surface area contributed by atoms with Crippen LogP contribution in [-0.2, 0) is 11.2 Å². The Bertz CT molecular complexity index is 1220. The Labute approximate surface area is 277 Å². The van der Waals surface area contributed by atoms with Crippen LogP contribution in [0.5, 0.6) is 5.75 Å². The van der Waals surface area contributed by atoms with Crippen molar-refractivity contribution < 1.29 is 37.0 Å². The van der Waals surface area contributed by atoms with Gasteiger partial charge in [0.2, 0.25) is 0 Å². The number of carbonyl (C=O) groups excluding carboxylic acids is 1. The molecule has 0 amide bonds. The molecular formula is C38H56F5NO3. The van der Waals surface area contributed by atoms with Gasteiger partial charge >= 0.3 is 12.1 Å². The molecule has 0 aliphatic heterocycles. The molecule has 47 heavy (non-hydrogen) atoms. The van der Waals surface area contributed by atoms with Crippen molar-refractivity contribution in [2.45, 2.75) is 146 Å². The lowest BCUT2D eigenvalue weighted by Crippen LogP contribution is -2.54. The van der Waals surface area contributed by atoms with E-state index in [1.807, 2.05) is 12.1 Å². The van der Waals surface area contributed by atoms with Gasteiger partial charge in [0.15, 0.2) is 0 Å². The molecule has 266 valence electrons. The number of ketones is 1. The minimum Gasteiger partial charge on any atom is -0.508 e. The number of phenols is 1. The molecule has 2 N–H and O–H groups in total. The fraction of sp³-hybridized carbons (Fsp3) is 0.816. The summed E-state index contributed by atoms with van der Waals surface area (Å²) in [6.45, 7) is 4.26. The summed E-state index contributed by atoms with van der Waals surface area (Å²) in [6, 6.07) is 5.94. The van der Waals surface area contributed by atoms with Crippen LogP contribution in [0.4, 0.5) is 22.0 Å². The monoisotopic (exact) mass is 669 g/mol. The first kappa shape index (κ1) is 36.5. The summed E-state index contributed by atoms with van der Waals surface area (Å²) in [5, 5.41) is 22.2. The van der Waals surface area contributed by atoms with E-state index in [0.717, 1.165) is 90.1 Å². The van der Waals surface area contributed by atoms with Crippen molar-refractivity contribution in [2.24, 2.45) is 29.1 Å². The zero-order chi connectivity index (χ0) is 34.0. The van der Waals surface area contributed by atoms with E-state index in [2.05, 4.69) is 24.9 Å². The molecule has 0 aromatic heterocycles. The SMILES string of the molecule is CN(CCCCCCCCC(F)(F)C(F)(F)F)CCCCCC[C@H]1C[C@@]2(C)C(C[C@H]3CC(=O)C[C@]32O)C2CCc3cc(O)ccc3C21. The highest BCUT2D eigenvalue weighted by atomic mass is 19.4. The van der Waals surface area contributed by atoms with Gasteiger partial charge in [-0.05, 0) is 124 Å². The van der Waals surface area contributed by atoms with Crippen LogP contribution < -0.4 is 0 Å². The minimum absolute atomic E-state index is 0.0927. The van der Waals surface area contributed by atoms with Crippen molar-refractivity contribution in [1.29, 1.82) is 0 Å². The van der Waals surface area contributed by atoms with Crippen LogP contribution in [0.3, 0.4) is 0 Å². The highest BCUT2D eigenvalue weighted by Crippen LogP contribution is 2.70. The van der Waals surface area contributed by atoms with Crippen LogP contribution in [0, 0.1) is 29.1 Å². The number of halogens is 5. The number of aliphatic hydroxyl groups is 1. The molecule has 0 radical (unpaired) electrons. The summed E-state index contributed by atoms with van der Waals surface area (Å²) >= 11 is 0. The second-order valence-corrected chi connectivity index (χ2v) is 16.0. The highest BCUT2D eigenvalue weighted by Gasteiger charge is 2.69. The van der Waals surface area contributed by atoms with Crippen molar-refractivity contribution >= 4 is 5.78 Å². The van der Waals surface area contributed by atoms with E-state index in [9.17, 15) is 37.0 Å². The van der Waals surface area contributed by atoms with Crippen molar-refractivity contribution in [3.05, 3.63) is 29.3 Å². The fourth-order valence-corrected chi connectivity index (χ4v) is 10.5. The van der Waals surface area contributed by atoms with Gasteiger partial charge in [0.25, 0.3) is 0 Å². The van der Waals surface area contributed by atoms with Gasteiger partial charge in [-0.3, -0.25) is 4.79 Å². The van der Waals surface area contributed by atoms with Crippen molar-refractivity contribution in [3.63, 3.8) is 0 Å². The third-order valence-electron chi connectivity index (χ3n) is 12.9. The molecule has 4 aliphatic rings. The summed E-state index contributed by atoms with van der Waals surface area (Å²) < 4.78 is 62.7. The molecule has 4 nitrogen and oxygen atoms in total. The molecule has 9 heteroatoms. The number of carbonyl (C=O) groups is 1. The van der Waals surface area contributed by atoms with Crippen molar-refractivity contribution in [2.75, 3.05) is 20.1 Å². The Balaban J connectivity index is 1.03. The number of aromatic hydroxyl groups is 1. The molecular weight excluding hydrogens is 613 g/mol. The average Bonchev–Trinajstić information content (AvgIpc) is 3.40. The normalized spacial score (nSPS) is 31.9. The number of benzene rings is 1. The third kappa shape index (κ3) is 7.71. The summed E-state index contributed by atoms with van der Waals surface area (Å²) in [4.78, 5) is 14.8. The Morgan fingerprint density at radius 3 is 2.26 bits per heavy atom. The van der Waals surface area contributed by atoms with Gasteiger partial charge in [-0.15, -0.1) is 0 Å². The van der Waals surface area contributed by atoms with Crippen LogP contribution in [0.1, 0.15) is 133 Å². The third-order valence-corrected chi connectivity index (χ3v) is 12.9. The first-order valence-electron chi connectivity index (χ1n) is 18.4. The standard InChI is InChI=1S/C38H56F5NO3/c1-35-24-27(13-9-5-8-12-20-44(2)19-11-7-4-3-6-10-18-37(39,40)38(41,42)43)34-31-17-15-29(45)21-26(31)14-16-32(34)33(35)23-28-22-30(46)25-36(28,35)47/h15,17,21,27-28,32-34,45,47H,3-14,16,18-20,22-25H2,1-2H3/t27-,28+,32?,33?,34?,35-,36-/m0/s1. The first-order valence-corrected chi connectivity index (χ1v) is 18.4. The molecule has 3 fully saturated rings. The van der Waals surface area contributed by atoms with Crippen LogP contribution >= 0.6 is 0 Å². The summed E-state index contributed by atoms with van der Waals surface area (Å²) in [5.74, 6) is -2.09. The van der Waals surface area contributed by atoms with Crippen LogP contribution in [-0.4, -0.2) is 58.7 Å². The van der Waals surface area contributed by atoms with Crippen LogP contribution in [0.2, 0.25) is 0 Å². The first-order chi connectivity index (χ1) is 22.2. The predicted molar refractivity (Wildman–Crippen MR) is 174 cm³/mol. The number of fused-ring (bicyclic) bond motifs is 7. The number of phenolic OH excluding ortho intramolecular Hbond substituents is 1. The van der Waals surface area contributed by atoms with E-state index in [4.69, 9.17) is 0 Å². The topological polar surface area (TPSA) is 60.8 Å². The Hall–Kier alpha value is -1.74. The van der Waals surface area contributed by atoms with Gasteiger partial charge in [0, 0.05) is 24.7 Å². The van der Waals surface area contributed by atoms with Crippen LogP contribution in [0.25, 0.3) is 0 Å². The van der Waals surface area contributed by atoms with E-state index in [1.54, 1.807) is 0 Å². The predicted octanol–water partition coefficient (Wildman–Crippen LogP) is 9.61. The maximum Gasteiger partial charge on any atom is 0.453 e. The molecule has 4 aliphatic carbocycles. The lowest BCUT2D eigenvalue weighted by atomic mass is 9.49.